The van der Waals surface area contributed by atoms with E-state index in [9.17, 15) is 24.3 Å². The lowest BCUT2D eigenvalue weighted by Crippen LogP contribution is -2.61. The van der Waals surface area contributed by atoms with Crippen molar-refractivity contribution in [2.24, 2.45) is 28.7 Å². The minimum Gasteiger partial charge on any atom is -0.457 e. The molecule has 0 aromatic carbocycles. The molecule has 13 heteroatoms. The molecule has 0 radical (unpaired) electrons. The summed E-state index contributed by atoms with van der Waals surface area (Å²) in [7, 11) is 5.36. The van der Waals surface area contributed by atoms with Gasteiger partial charge in [0.1, 0.15) is 24.4 Å². The third-order valence-electron chi connectivity index (χ3n) is 11.3. The van der Waals surface area contributed by atoms with E-state index in [1.54, 1.807) is 20.8 Å². The van der Waals surface area contributed by atoms with Gasteiger partial charge in [-0.05, 0) is 79.3 Å². The molecular weight excluding hydrogens is 651 g/mol. The van der Waals surface area contributed by atoms with Crippen LogP contribution in [0.2, 0.25) is 0 Å². The van der Waals surface area contributed by atoms with Crippen molar-refractivity contribution >= 4 is 29.2 Å². The highest BCUT2D eigenvalue weighted by molar-refractivity contribution is 6.08. The molecule has 13 atom stereocenters. The zero-order valence-electron chi connectivity index (χ0n) is 32.1. The maximum absolute atomic E-state index is 16.7. The number of rotatable bonds is 6. The fourth-order valence-electron chi connectivity index (χ4n) is 8.34. The Hall–Kier alpha value is -2.16. The van der Waals surface area contributed by atoms with E-state index >= 15 is 4.39 Å². The largest absolute Gasteiger partial charge is 0.457 e. The molecule has 0 aromatic rings. The van der Waals surface area contributed by atoms with Crippen molar-refractivity contribution in [1.82, 2.24) is 4.90 Å². The van der Waals surface area contributed by atoms with Crippen molar-refractivity contribution in [3.05, 3.63) is 0 Å². The van der Waals surface area contributed by atoms with Gasteiger partial charge >= 0.3 is 5.97 Å². The van der Waals surface area contributed by atoms with Crippen molar-refractivity contribution in [2.75, 3.05) is 27.8 Å². The molecular formula is C37H61FN2O10. The van der Waals surface area contributed by atoms with Gasteiger partial charge in [0.15, 0.2) is 17.9 Å². The average molecular weight is 713 g/mol. The van der Waals surface area contributed by atoms with Crippen LogP contribution in [-0.4, -0.2) is 121 Å². The molecule has 0 saturated carbocycles. The second-order valence-electron chi connectivity index (χ2n) is 15.5. The molecule has 1 amide bonds. The van der Waals surface area contributed by atoms with Crippen LogP contribution in [0.3, 0.4) is 0 Å². The van der Waals surface area contributed by atoms with Crippen LogP contribution < -0.4 is 0 Å². The van der Waals surface area contributed by atoms with Crippen LogP contribution in [0.25, 0.3) is 0 Å². The molecule has 3 aliphatic rings. The molecule has 3 saturated heterocycles. The number of carbonyl (C=O) groups is 4. The number of carbonyl (C=O) groups excluding carboxylic acids is 4. The monoisotopic (exact) mass is 712 g/mol. The van der Waals surface area contributed by atoms with Crippen LogP contribution in [0.1, 0.15) is 101 Å². The first-order valence-corrected chi connectivity index (χ1v) is 18.1. The zero-order valence-corrected chi connectivity index (χ0v) is 32.1. The van der Waals surface area contributed by atoms with Crippen LogP contribution in [0.4, 0.5) is 4.39 Å². The Morgan fingerprint density at radius 2 is 1.72 bits per heavy atom. The minimum atomic E-state index is -3.13. The van der Waals surface area contributed by atoms with Crippen molar-refractivity contribution in [3.63, 3.8) is 0 Å². The molecule has 3 rings (SSSR count). The van der Waals surface area contributed by atoms with Gasteiger partial charge < -0.3 is 33.7 Å². The average Bonchev–Trinajstić information content (AvgIpc) is 3.06. The topological polar surface area (TPSA) is 150 Å². The highest BCUT2D eigenvalue weighted by Gasteiger charge is 2.56. The number of hydrogen-bond donors (Lipinski definition) is 1. The van der Waals surface area contributed by atoms with E-state index < -0.39 is 76.9 Å². The number of ether oxygens (including phenoxy) is 5. The number of methoxy groups -OCH3 is 1. The lowest BCUT2D eigenvalue weighted by Gasteiger charge is -2.48. The number of hydrogen-bond acceptors (Lipinski definition) is 11. The third-order valence-corrected chi connectivity index (χ3v) is 11.3. The number of esters is 1. The van der Waals surface area contributed by atoms with Gasteiger partial charge in [0, 0.05) is 43.5 Å². The molecule has 12 nitrogen and oxygen atoms in total. The summed E-state index contributed by atoms with van der Waals surface area (Å²) in [5, 5.41) is 12.2. The molecule has 0 unspecified atom stereocenters. The number of fused-ring (bicyclic) bond motifs is 5. The van der Waals surface area contributed by atoms with E-state index in [1.807, 2.05) is 39.8 Å². The summed E-state index contributed by atoms with van der Waals surface area (Å²) in [5.41, 5.74) is -5.95. The molecule has 1 N–H and O–H groups in total. The number of Topliss-reactive ketones (excluding diaryl/α,β-unsaturated/α-hetero) is 2. The summed E-state index contributed by atoms with van der Waals surface area (Å²) in [5.74, 6) is -6.38. The molecule has 0 aliphatic carbocycles. The Balaban J connectivity index is 2.36. The van der Waals surface area contributed by atoms with Crippen LogP contribution in [-0.2, 0) is 42.9 Å². The maximum atomic E-state index is 16.7. The van der Waals surface area contributed by atoms with E-state index in [0.29, 0.717) is 12.1 Å². The van der Waals surface area contributed by atoms with Crippen molar-refractivity contribution < 1.29 is 52.4 Å². The molecule has 3 fully saturated rings. The second-order valence-corrected chi connectivity index (χ2v) is 15.5. The summed E-state index contributed by atoms with van der Waals surface area (Å²) in [6.45, 7) is 14.1. The van der Waals surface area contributed by atoms with Gasteiger partial charge in [-0.1, -0.05) is 34.6 Å². The van der Waals surface area contributed by atoms with Gasteiger partial charge in [-0.2, -0.15) is 0 Å². The Labute approximate surface area is 297 Å². The Bertz CT molecular complexity index is 1270. The molecule has 0 aromatic heterocycles. The first-order valence-electron chi connectivity index (χ1n) is 18.1. The molecule has 3 heterocycles. The highest BCUT2D eigenvalue weighted by Crippen LogP contribution is 2.43. The molecule has 0 spiro atoms. The predicted octanol–water partition coefficient (Wildman–Crippen LogP) is 4.27. The van der Waals surface area contributed by atoms with Gasteiger partial charge in [-0.15, -0.1) is 0 Å². The number of aliphatic hydroxyl groups is 1. The summed E-state index contributed by atoms with van der Waals surface area (Å²) >= 11 is 0. The standard InChI is InChI=1S/C37H61FN2O10/c1-13-27-37(9,45)25-16-15-24(41)19-47-35(7,18-20(3)29(22(25)5)39-28(42)14-2)32(23(6)31(43)36(8,38)34(44)49-27)50-33-30(46-12)26(40(10)11)17-21(4)48-33/h20-23,25-27,30,32-33,45H,13-19H2,1-12H3/b39-29+/t20-,21-,22-,23+,25-,26+,27-,30-,32-,33+,35-,36+,37+/m1/s1. The van der Waals surface area contributed by atoms with Crippen LogP contribution in [0, 0.1) is 23.7 Å². The number of alkyl halides is 1. The molecule has 2 bridgehead atoms. The number of nitrogens with zero attached hydrogens (tertiary/aromatic N) is 2. The number of likely N-dealkylation sites (N-methyl/N-ethyl adjacent to an activating group) is 1. The van der Waals surface area contributed by atoms with Crippen molar-refractivity contribution in [3.8, 4) is 0 Å². The first kappa shape index (κ1) is 42.3. The number of ketones is 2. The van der Waals surface area contributed by atoms with E-state index in [2.05, 4.69) is 4.99 Å². The van der Waals surface area contributed by atoms with E-state index in [4.69, 9.17) is 23.7 Å². The number of aliphatic imine (C=N–C) groups is 1. The van der Waals surface area contributed by atoms with Crippen LogP contribution in [0.5, 0.6) is 0 Å². The zero-order chi connectivity index (χ0) is 37.9. The third kappa shape index (κ3) is 8.89. The van der Waals surface area contributed by atoms with E-state index in [-0.39, 0.29) is 62.5 Å². The SMILES string of the molecule is CCC(=O)/N=C1\[C@H](C)C[C@@]2(C)OCC(=O)CC[C@H]([C@H]1C)[C@](C)(O)[C@@H](CC)OC(=O)[C@@](C)(F)C(=O)[C@H](C)[C@H]2O[C@@H]1O[C@H](C)C[C@H](N(C)C)[C@H]1OC. The second kappa shape index (κ2) is 16.7. The smallest absolute Gasteiger partial charge is 0.351 e. The fraction of sp³-hybridized carbons (Fsp3) is 0.865. The predicted molar refractivity (Wildman–Crippen MR) is 184 cm³/mol. The summed E-state index contributed by atoms with van der Waals surface area (Å²) in [4.78, 5) is 60.9. The Kier molecular flexibility index (Phi) is 14.1. The van der Waals surface area contributed by atoms with Crippen LogP contribution >= 0.6 is 0 Å². The quantitative estimate of drug-likeness (QED) is 0.311. The minimum absolute atomic E-state index is 0.00461. The van der Waals surface area contributed by atoms with Crippen molar-refractivity contribution in [1.29, 1.82) is 0 Å². The lowest BCUT2D eigenvalue weighted by atomic mass is 9.68. The van der Waals surface area contributed by atoms with Crippen LogP contribution in [0.15, 0.2) is 4.99 Å². The Morgan fingerprint density at radius 1 is 1.08 bits per heavy atom. The van der Waals surface area contributed by atoms with Gasteiger partial charge in [0.25, 0.3) is 5.67 Å². The lowest BCUT2D eigenvalue weighted by molar-refractivity contribution is -0.300. The maximum Gasteiger partial charge on any atom is 0.351 e. The normalized spacial score (nSPS) is 43.6. The van der Waals surface area contributed by atoms with Crippen molar-refractivity contribution in [2.45, 2.75) is 154 Å². The highest BCUT2D eigenvalue weighted by atomic mass is 19.1. The van der Waals surface area contributed by atoms with Gasteiger partial charge in [-0.3, -0.25) is 14.4 Å². The van der Waals surface area contributed by atoms with Gasteiger partial charge in [0.2, 0.25) is 5.91 Å². The summed E-state index contributed by atoms with van der Waals surface area (Å²) in [6.07, 6.45) is -3.41. The molecule has 50 heavy (non-hydrogen) atoms. The number of amides is 1. The number of cyclic esters (lactones) is 1. The number of halogens is 1. The summed E-state index contributed by atoms with van der Waals surface area (Å²) in [6, 6.07) is -0.142. The molecule has 286 valence electrons. The summed E-state index contributed by atoms with van der Waals surface area (Å²) < 4.78 is 47.8. The molecule has 3 aliphatic heterocycles. The van der Waals surface area contributed by atoms with E-state index in [1.165, 1.54) is 21.0 Å². The fourth-order valence-corrected chi connectivity index (χ4v) is 8.34. The Morgan fingerprint density at radius 3 is 2.28 bits per heavy atom. The van der Waals surface area contributed by atoms with Gasteiger partial charge in [0.05, 0.1) is 17.8 Å². The first-order chi connectivity index (χ1) is 23.2. The van der Waals surface area contributed by atoms with E-state index in [0.717, 1.165) is 6.92 Å². The van der Waals surface area contributed by atoms with Gasteiger partial charge in [-0.25, -0.2) is 14.2 Å².